The molecule has 0 radical (unpaired) electrons. The standard InChI is InChI=1S/C16H10BrClF3NO/c17-11-3-1-10(2-4-11)15(23)7-8-22-12-5-6-14(18)13(9-12)16(19,20)21/h1-9,22H/b8-7+. The molecule has 0 saturated carbocycles. The summed E-state index contributed by atoms with van der Waals surface area (Å²) in [5.41, 5.74) is -0.281. The van der Waals surface area contributed by atoms with Gasteiger partial charge in [0, 0.05) is 28.0 Å². The average molecular weight is 405 g/mol. The van der Waals surface area contributed by atoms with Gasteiger partial charge in [0.2, 0.25) is 0 Å². The van der Waals surface area contributed by atoms with E-state index in [0.29, 0.717) is 5.56 Å². The summed E-state index contributed by atoms with van der Waals surface area (Å²) in [6.07, 6.45) is -2.01. The number of alkyl halides is 3. The Labute approximate surface area is 144 Å². The number of halogens is 5. The molecule has 0 aliphatic carbocycles. The van der Waals surface area contributed by atoms with Gasteiger partial charge in [0.15, 0.2) is 5.78 Å². The van der Waals surface area contributed by atoms with Crippen molar-refractivity contribution in [1.29, 1.82) is 0 Å². The molecule has 0 spiro atoms. The molecule has 2 aromatic rings. The second-order valence-corrected chi connectivity index (χ2v) is 5.86. The minimum absolute atomic E-state index is 0.182. The van der Waals surface area contributed by atoms with Gasteiger partial charge in [-0.05, 0) is 42.5 Å². The lowest BCUT2D eigenvalue weighted by Crippen LogP contribution is -2.06. The molecule has 0 aliphatic heterocycles. The third-order valence-corrected chi connectivity index (χ3v) is 3.74. The minimum atomic E-state index is -4.54. The SMILES string of the molecule is O=C(/C=C/Nc1ccc(Cl)c(C(F)(F)F)c1)c1ccc(Br)cc1. The second-order valence-electron chi connectivity index (χ2n) is 4.54. The maximum Gasteiger partial charge on any atom is 0.417 e. The van der Waals surface area contributed by atoms with Crippen molar-refractivity contribution in [2.45, 2.75) is 6.18 Å². The summed E-state index contributed by atoms with van der Waals surface area (Å²) in [5.74, 6) is -0.269. The largest absolute Gasteiger partial charge is 0.417 e. The molecule has 23 heavy (non-hydrogen) atoms. The Kier molecular flexibility index (Phi) is 5.49. The maximum atomic E-state index is 12.7. The van der Waals surface area contributed by atoms with Crippen LogP contribution in [0.25, 0.3) is 0 Å². The van der Waals surface area contributed by atoms with Gasteiger partial charge in [-0.3, -0.25) is 4.79 Å². The topological polar surface area (TPSA) is 29.1 Å². The summed E-state index contributed by atoms with van der Waals surface area (Å²) >= 11 is 8.80. The number of rotatable bonds is 4. The Balaban J connectivity index is 2.08. The van der Waals surface area contributed by atoms with Crippen molar-refractivity contribution in [1.82, 2.24) is 0 Å². The molecule has 0 atom stereocenters. The highest BCUT2D eigenvalue weighted by Gasteiger charge is 2.33. The number of ketones is 1. The van der Waals surface area contributed by atoms with Crippen molar-refractivity contribution in [2.75, 3.05) is 5.32 Å². The van der Waals surface area contributed by atoms with Gasteiger partial charge in [0.25, 0.3) is 0 Å². The lowest BCUT2D eigenvalue weighted by atomic mass is 10.1. The molecule has 0 aromatic heterocycles. The van der Waals surface area contributed by atoms with Crippen LogP contribution < -0.4 is 5.32 Å². The average Bonchev–Trinajstić information content (AvgIpc) is 2.48. The van der Waals surface area contributed by atoms with E-state index in [1.54, 1.807) is 24.3 Å². The van der Waals surface area contributed by atoms with Gasteiger partial charge in [-0.2, -0.15) is 13.2 Å². The van der Waals surface area contributed by atoms with Gasteiger partial charge >= 0.3 is 6.18 Å². The molecule has 120 valence electrons. The van der Waals surface area contributed by atoms with Gasteiger partial charge in [-0.1, -0.05) is 27.5 Å². The number of carbonyl (C=O) groups is 1. The molecule has 2 nitrogen and oxygen atoms in total. The van der Waals surface area contributed by atoms with Crippen molar-refractivity contribution in [2.24, 2.45) is 0 Å². The summed E-state index contributed by atoms with van der Waals surface area (Å²) in [6, 6.07) is 10.2. The first-order valence-electron chi connectivity index (χ1n) is 6.37. The van der Waals surface area contributed by atoms with Crippen LogP contribution in [0.15, 0.2) is 59.2 Å². The van der Waals surface area contributed by atoms with E-state index in [1.165, 1.54) is 18.3 Å². The van der Waals surface area contributed by atoms with Crippen molar-refractivity contribution in [3.05, 3.63) is 75.4 Å². The second kappa shape index (κ2) is 7.19. The van der Waals surface area contributed by atoms with Crippen LogP contribution in [-0.2, 0) is 6.18 Å². The third kappa shape index (κ3) is 4.84. The number of nitrogens with one attached hydrogen (secondary N) is 1. The molecule has 1 N–H and O–H groups in total. The van der Waals surface area contributed by atoms with Gasteiger partial charge in [-0.25, -0.2) is 0 Å². The highest BCUT2D eigenvalue weighted by molar-refractivity contribution is 9.10. The monoisotopic (exact) mass is 403 g/mol. The van der Waals surface area contributed by atoms with E-state index in [-0.39, 0.29) is 16.5 Å². The molecule has 0 fully saturated rings. The number of anilines is 1. The highest BCUT2D eigenvalue weighted by atomic mass is 79.9. The third-order valence-electron chi connectivity index (χ3n) is 2.89. The minimum Gasteiger partial charge on any atom is -0.362 e. The summed E-state index contributed by atoms with van der Waals surface area (Å²) in [6.45, 7) is 0. The molecule has 2 rings (SSSR count). The number of hydrogen-bond acceptors (Lipinski definition) is 2. The fourth-order valence-electron chi connectivity index (χ4n) is 1.76. The number of carbonyl (C=O) groups excluding carboxylic acids is 1. The van der Waals surface area contributed by atoms with Crippen molar-refractivity contribution < 1.29 is 18.0 Å². The Morgan fingerprint density at radius 2 is 1.78 bits per heavy atom. The molecule has 0 bridgehead atoms. The zero-order chi connectivity index (χ0) is 17.0. The molecule has 7 heteroatoms. The molecule has 0 heterocycles. The van der Waals surface area contributed by atoms with Crippen LogP contribution in [-0.4, -0.2) is 5.78 Å². The molecular formula is C16H10BrClF3NO. The Morgan fingerprint density at radius 3 is 2.39 bits per heavy atom. The van der Waals surface area contributed by atoms with E-state index >= 15 is 0 Å². The first kappa shape index (κ1) is 17.6. The normalized spacial score (nSPS) is 11.7. The predicted molar refractivity (Wildman–Crippen MR) is 87.7 cm³/mol. The summed E-state index contributed by atoms with van der Waals surface area (Å²) in [5, 5.41) is 2.25. The van der Waals surface area contributed by atoms with Crippen molar-refractivity contribution in [3.8, 4) is 0 Å². The Morgan fingerprint density at radius 1 is 1.13 bits per heavy atom. The highest BCUT2D eigenvalue weighted by Crippen LogP contribution is 2.36. The van der Waals surface area contributed by atoms with Crippen LogP contribution in [0.4, 0.5) is 18.9 Å². The van der Waals surface area contributed by atoms with Gasteiger partial charge in [0.05, 0.1) is 10.6 Å². The molecule has 0 aliphatic rings. The number of allylic oxidation sites excluding steroid dienone is 1. The van der Waals surface area contributed by atoms with Gasteiger partial charge in [-0.15, -0.1) is 0 Å². The molecular weight excluding hydrogens is 395 g/mol. The summed E-state index contributed by atoms with van der Waals surface area (Å²) in [7, 11) is 0. The zero-order valence-corrected chi connectivity index (χ0v) is 13.8. The summed E-state index contributed by atoms with van der Waals surface area (Å²) in [4.78, 5) is 11.9. The van der Waals surface area contributed by atoms with Crippen LogP contribution in [0, 0.1) is 0 Å². The molecule has 0 amide bonds. The Hall–Kier alpha value is -1.79. The number of benzene rings is 2. The van der Waals surface area contributed by atoms with Crippen molar-refractivity contribution >= 4 is 39.0 Å². The lowest BCUT2D eigenvalue weighted by molar-refractivity contribution is -0.137. The van der Waals surface area contributed by atoms with Crippen LogP contribution >= 0.6 is 27.5 Å². The van der Waals surface area contributed by atoms with Crippen LogP contribution in [0.2, 0.25) is 5.02 Å². The first-order chi connectivity index (χ1) is 10.8. The van der Waals surface area contributed by atoms with E-state index in [4.69, 9.17) is 11.6 Å². The summed E-state index contributed by atoms with van der Waals surface area (Å²) < 4.78 is 39.1. The first-order valence-corrected chi connectivity index (χ1v) is 7.54. The Bertz CT molecular complexity index is 742. The number of hydrogen-bond donors (Lipinski definition) is 1. The fraction of sp³-hybridized carbons (Fsp3) is 0.0625. The zero-order valence-electron chi connectivity index (χ0n) is 11.5. The molecule has 0 unspecified atom stereocenters. The van der Waals surface area contributed by atoms with Gasteiger partial charge < -0.3 is 5.32 Å². The smallest absolute Gasteiger partial charge is 0.362 e. The maximum absolute atomic E-state index is 12.7. The van der Waals surface area contributed by atoms with E-state index in [2.05, 4.69) is 21.2 Å². The fourth-order valence-corrected chi connectivity index (χ4v) is 2.25. The van der Waals surface area contributed by atoms with E-state index < -0.39 is 11.7 Å². The van der Waals surface area contributed by atoms with E-state index in [0.717, 1.165) is 16.6 Å². The van der Waals surface area contributed by atoms with Crippen LogP contribution in [0.1, 0.15) is 15.9 Å². The molecule has 2 aromatic carbocycles. The van der Waals surface area contributed by atoms with Crippen LogP contribution in [0.5, 0.6) is 0 Å². The van der Waals surface area contributed by atoms with Crippen LogP contribution in [0.3, 0.4) is 0 Å². The van der Waals surface area contributed by atoms with Crippen molar-refractivity contribution in [3.63, 3.8) is 0 Å². The lowest BCUT2D eigenvalue weighted by Gasteiger charge is -2.10. The quantitative estimate of drug-likeness (QED) is 0.505. The predicted octanol–water partition coefficient (Wildman–Crippen LogP) is 5.93. The van der Waals surface area contributed by atoms with E-state index in [1.807, 2.05) is 0 Å². The van der Waals surface area contributed by atoms with E-state index in [9.17, 15) is 18.0 Å². The van der Waals surface area contributed by atoms with Gasteiger partial charge in [0.1, 0.15) is 0 Å². The molecule has 0 saturated heterocycles.